The van der Waals surface area contributed by atoms with Crippen LogP contribution >= 0.6 is 11.6 Å². The highest BCUT2D eigenvalue weighted by Gasteiger charge is 2.30. The number of amides is 1. The van der Waals surface area contributed by atoms with E-state index in [9.17, 15) is 18.0 Å². The molecule has 7 nitrogen and oxygen atoms in total. The van der Waals surface area contributed by atoms with E-state index in [2.05, 4.69) is 5.32 Å². The second-order valence-corrected chi connectivity index (χ2v) is 8.60. The summed E-state index contributed by atoms with van der Waals surface area (Å²) in [7, 11) is -1.60. The van der Waals surface area contributed by atoms with Crippen molar-refractivity contribution in [2.24, 2.45) is 5.92 Å². The number of carbonyl (C=O) groups excluding carboxylic acids is 2. The molecular formula is C16H20ClNO6S. The van der Waals surface area contributed by atoms with Gasteiger partial charge in [0.15, 0.2) is 15.9 Å². The number of methoxy groups -OCH3 is 1. The third-order valence-electron chi connectivity index (χ3n) is 3.88. The predicted octanol–water partition coefficient (Wildman–Crippen LogP) is 2.04. The molecule has 1 aromatic carbocycles. The first-order valence-corrected chi connectivity index (χ1v) is 9.94. The first-order chi connectivity index (χ1) is 11.7. The van der Waals surface area contributed by atoms with Crippen molar-refractivity contribution in [3.63, 3.8) is 0 Å². The van der Waals surface area contributed by atoms with Crippen LogP contribution in [0.4, 0.5) is 5.69 Å². The molecule has 0 bridgehead atoms. The van der Waals surface area contributed by atoms with Gasteiger partial charge in [-0.25, -0.2) is 8.42 Å². The van der Waals surface area contributed by atoms with Crippen molar-refractivity contribution in [3.8, 4) is 5.75 Å². The van der Waals surface area contributed by atoms with Crippen LogP contribution < -0.4 is 10.1 Å². The van der Waals surface area contributed by atoms with Crippen molar-refractivity contribution in [1.29, 1.82) is 0 Å². The lowest BCUT2D eigenvalue weighted by molar-refractivity contribution is -0.153. The smallest absolute Gasteiger partial charge is 0.306 e. The highest BCUT2D eigenvalue weighted by Crippen LogP contribution is 2.28. The van der Waals surface area contributed by atoms with Gasteiger partial charge in [0, 0.05) is 11.4 Å². The van der Waals surface area contributed by atoms with E-state index >= 15 is 0 Å². The number of nitrogens with one attached hydrogen (secondary N) is 1. The lowest BCUT2D eigenvalue weighted by atomic mass is 10.1. The molecule has 25 heavy (non-hydrogen) atoms. The number of sulfone groups is 1. The Balaban J connectivity index is 1.90. The molecule has 0 saturated carbocycles. The van der Waals surface area contributed by atoms with Crippen molar-refractivity contribution >= 4 is 39.0 Å². The van der Waals surface area contributed by atoms with Crippen LogP contribution in [-0.2, 0) is 24.2 Å². The third kappa shape index (κ3) is 5.61. The van der Waals surface area contributed by atoms with Crippen molar-refractivity contribution < 1.29 is 27.5 Å². The molecule has 0 spiro atoms. The minimum absolute atomic E-state index is 0.0115. The quantitative estimate of drug-likeness (QED) is 0.747. The molecule has 1 amide bonds. The molecular weight excluding hydrogens is 370 g/mol. The summed E-state index contributed by atoms with van der Waals surface area (Å²) in [5.41, 5.74) is 0.366. The van der Waals surface area contributed by atoms with Gasteiger partial charge in [-0.3, -0.25) is 9.59 Å². The summed E-state index contributed by atoms with van der Waals surface area (Å²) in [6.07, 6.45) is -0.607. The fraction of sp³-hybridized carbons (Fsp3) is 0.500. The Hall–Kier alpha value is -1.80. The maximum Gasteiger partial charge on any atom is 0.306 e. The van der Waals surface area contributed by atoms with Crippen LogP contribution in [0.15, 0.2) is 18.2 Å². The standard InChI is InChI=1S/C16H20ClNO6S/c1-10(24-15(19)7-11-5-6-25(21,22)9-11)16(20)18-13-8-12(17)3-4-14(13)23-2/h3-4,8,10-11H,5-7,9H2,1-2H3,(H,18,20). The van der Waals surface area contributed by atoms with Crippen molar-refractivity contribution in [2.45, 2.75) is 25.9 Å². The van der Waals surface area contributed by atoms with Gasteiger partial charge in [0.05, 0.1) is 24.3 Å². The number of hydrogen-bond donors (Lipinski definition) is 1. The van der Waals surface area contributed by atoms with E-state index in [0.29, 0.717) is 22.9 Å². The van der Waals surface area contributed by atoms with Crippen LogP contribution in [0.2, 0.25) is 5.02 Å². The fourth-order valence-electron chi connectivity index (χ4n) is 2.58. The Labute approximate surface area is 151 Å². The number of esters is 1. The van der Waals surface area contributed by atoms with Crippen LogP contribution in [0.3, 0.4) is 0 Å². The van der Waals surface area contributed by atoms with Gasteiger partial charge in [-0.05, 0) is 37.5 Å². The zero-order valence-corrected chi connectivity index (χ0v) is 15.5. The van der Waals surface area contributed by atoms with Gasteiger partial charge < -0.3 is 14.8 Å². The van der Waals surface area contributed by atoms with Gasteiger partial charge in [-0.2, -0.15) is 0 Å². The molecule has 0 radical (unpaired) electrons. The second kappa shape index (κ2) is 8.05. The summed E-state index contributed by atoms with van der Waals surface area (Å²) in [6, 6.07) is 4.75. The molecule has 1 aromatic rings. The zero-order chi connectivity index (χ0) is 18.6. The Morgan fingerprint density at radius 3 is 2.72 bits per heavy atom. The van der Waals surface area contributed by atoms with E-state index < -0.39 is 27.8 Å². The van der Waals surface area contributed by atoms with E-state index in [-0.39, 0.29) is 23.8 Å². The van der Waals surface area contributed by atoms with Crippen molar-refractivity contribution in [1.82, 2.24) is 0 Å². The minimum atomic E-state index is -3.05. The summed E-state index contributed by atoms with van der Waals surface area (Å²) in [5.74, 6) is -0.873. The molecule has 1 saturated heterocycles. The summed E-state index contributed by atoms with van der Waals surface area (Å²) < 4.78 is 33.0. The van der Waals surface area contributed by atoms with Crippen molar-refractivity contribution in [2.75, 3.05) is 23.9 Å². The molecule has 0 aliphatic carbocycles. The average molecular weight is 390 g/mol. The predicted molar refractivity (Wildman–Crippen MR) is 93.6 cm³/mol. The lowest BCUT2D eigenvalue weighted by Crippen LogP contribution is -2.30. The van der Waals surface area contributed by atoms with E-state index in [4.69, 9.17) is 21.1 Å². The molecule has 1 aliphatic rings. The Morgan fingerprint density at radius 1 is 1.40 bits per heavy atom. The van der Waals surface area contributed by atoms with E-state index in [1.807, 2.05) is 0 Å². The topological polar surface area (TPSA) is 98.8 Å². The van der Waals surface area contributed by atoms with Gasteiger partial charge >= 0.3 is 5.97 Å². The van der Waals surface area contributed by atoms with Gasteiger partial charge in [-0.15, -0.1) is 0 Å². The molecule has 1 fully saturated rings. The van der Waals surface area contributed by atoms with Gasteiger partial charge in [0.1, 0.15) is 5.75 Å². The molecule has 2 unspecified atom stereocenters. The molecule has 1 N–H and O–H groups in total. The third-order valence-corrected chi connectivity index (χ3v) is 5.95. The highest BCUT2D eigenvalue weighted by atomic mass is 35.5. The van der Waals surface area contributed by atoms with Crippen LogP contribution in [0.1, 0.15) is 19.8 Å². The van der Waals surface area contributed by atoms with Gasteiger partial charge in [0.2, 0.25) is 0 Å². The molecule has 1 aliphatic heterocycles. The van der Waals surface area contributed by atoms with E-state index in [1.54, 1.807) is 12.1 Å². The monoisotopic (exact) mass is 389 g/mol. The summed E-state index contributed by atoms with van der Waals surface area (Å²) in [6.45, 7) is 1.44. The first-order valence-electron chi connectivity index (χ1n) is 7.74. The SMILES string of the molecule is COc1ccc(Cl)cc1NC(=O)C(C)OC(=O)CC1CCS(=O)(=O)C1. The number of carbonyl (C=O) groups is 2. The van der Waals surface area contributed by atoms with Crippen LogP contribution in [0, 0.1) is 5.92 Å². The van der Waals surface area contributed by atoms with Gasteiger partial charge in [-0.1, -0.05) is 11.6 Å². The highest BCUT2D eigenvalue weighted by molar-refractivity contribution is 7.91. The Morgan fingerprint density at radius 2 is 2.12 bits per heavy atom. The first kappa shape index (κ1) is 19.5. The van der Waals surface area contributed by atoms with Crippen LogP contribution in [0.25, 0.3) is 0 Å². The van der Waals surface area contributed by atoms with Crippen LogP contribution in [0.5, 0.6) is 5.75 Å². The molecule has 0 aromatic heterocycles. The second-order valence-electron chi connectivity index (χ2n) is 5.94. The number of benzene rings is 1. The van der Waals surface area contributed by atoms with E-state index in [0.717, 1.165) is 0 Å². The molecule has 1 heterocycles. The number of hydrogen-bond acceptors (Lipinski definition) is 6. The van der Waals surface area contributed by atoms with E-state index in [1.165, 1.54) is 20.1 Å². The largest absolute Gasteiger partial charge is 0.495 e. The Bertz CT molecular complexity index is 764. The molecule has 9 heteroatoms. The minimum Gasteiger partial charge on any atom is -0.495 e. The number of ether oxygens (including phenoxy) is 2. The van der Waals surface area contributed by atoms with Crippen molar-refractivity contribution in [3.05, 3.63) is 23.2 Å². The maximum absolute atomic E-state index is 12.2. The molecule has 2 atom stereocenters. The number of rotatable bonds is 6. The summed E-state index contributed by atoms with van der Waals surface area (Å²) in [5, 5.41) is 3.01. The average Bonchev–Trinajstić information content (AvgIpc) is 2.86. The maximum atomic E-state index is 12.2. The van der Waals surface area contributed by atoms with Crippen LogP contribution in [-0.4, -0.2) is 45.0 Å². The normalized spacial score (nSPS) is 19.9. The number of halogens is 1. The lowest BCUT2D eigenvalue weighted by Gasteiger charge is -2.16. The summed E-state index contributed by atoms with van der Waals surface area (Å²) >= 11 is 5.90. The van der Waals surface area contributed by atoms with Gasteiger partial charge in [0.25, 0.3) is 5.91 Å². The fourth-order valence-corrected chi connectivity index (χ4v) is 4.61. The zero-order valence-electron chi connectivity index (χ0n) is 14.0. The number of anilines is 1. The summed E-state index contributed by atoms with van der Waals surface area (Å²) in [4.78, 5) is 24.1. The molecule has 2 rings (SSSR count). The molecule has 138 valence electrons. The Kier molecular flexibility index (Phi) is 6.29.